The second kappa shape index (κ2) is 8.76. The van der Waals surface area contributed by atoms with E-state index in [2.05, 4.69) is 15.2 Å². The van der Waals surface area contributed by atoms with Gasteiger partial charge in [0, 0.05) is 49.2 Å². The minimum Gasteiger partial charge on any atom is -0.454 e. The van der Waals surface area contributed by atoms with Gasteiger partial charge in [0.2, 0.25) is 24.5 Å². The van der Waals surface area contributed by atoms with E-state index < -0.39 is 18.1 Å². The van der Waals surface area contributed by atoms with Crippen molar-refractivity contribution < 1.29 is 23.9 Å². The summed E-state index contributed by atoms with van der Waals surface area (Å²) in [5, 5.41) is 3.93. The predicted molar refractivity (Wildman–Crippen MR) is 138 cm³/mol. The minimum absolute atomic E-state index is 0.0507. The largest absolute Gasteiger partial charge is 0.454 e. The number of nitrogens with zero attached hydrogens (tertiary/aromatic N) is 3. The van der Waals surface area contributed by atoms with Crippen LogP contribution in [0.25, 0.3) is 10.9 Å². The lowest BCUT2D eigenvalue weighted by molar-refractivity contribution is -0.154. The number of fused-ring (bicyclic) bond motifs is 5. The van der Waals surface area contributed by atoms with Crippen LogP contribution in [0.3, 0.4) is 0 Å². The topological polar surface area (TPSA) is 107 Å². The first-order valence-corrected chi connectivity index (χ1v) is 13.1. The van der Waals surface area contributed by atoms with Crippen molar-refractivity contribution in [2.24, 2.45) is 0 Å². The number of hydrogen-bond acceptors (Lipinski definition) is 6. The van der Waals surface area contributed by atoms with E-state index >= 15 is 0 Å². The molecule has 2 aromatic carbocycles. The van der Waals surface area contributed by atoms with Crippen LogP contribution >= 0.6 is 0 Å². The van der Waals surface area contributed by atoms with Crippen LogP contribution in [-0.2, 0) is 20.8 Å². The molecule has 7 rings (SSSR count). The minimum atomic E-state index is -0.909. The van der Waals surface area contributed by atoms with E-state index in [-0.39, 0.29) is 30.9 Å². The van der Waals surface area contributed by atoms with Crippen molar-refractivity contribution in [3.8, 4) is 11.5 Å². The summed E-state index contributed by atoms with van der Waals surface area (Å²) in [5.41, 5.74) is 3.68. The maximum Gasteiger partial charge on any atom is 0.247 e. The molecule has 0 unspecified atom stereocenters. The number of H-pyrrole nitrogens is 1. The van der Waals surface area contributed by atoms with Gasteiger partial charge in [-0.2, -0.15) is 0 Å². The molecule has 4 aliphatic rings. The predicted octanol–water partition coefficient (Wildman–Crippen LogP) is 1.40. The third kappa shape index (κ3) is 3.62. The molecule has 10 heteroatoms. The second-order valence-electron chi connectivity index (χ2n) is 10.5. The van der Waals surface area contributed by atoms with E-state index in [0.717, 1.165) is 40.8 Å². The van der Waals surface area contributed by atoms with Gasteiger partial charge in [0.1, 0.15) is 12.1 Å². The Balaban J connectivity index is 1.28. The van der Waals surface area contributed by atoms with Crippen LogP contribution in [0, 0.1) is 0 Å². The second-order valence-corrected chi connectivity index (χ2v) is 10.5. The molecule has 0 radical (unpaired) electrons. The van der Waals surface area contributed by atoms with Crippen LogP contribution in [0.15, 0.2) is 42.5 Å². The molecule has 5 heterocycles. The molecule has 10 nitrogen and oxygen atoms in total. The van der Waals surface area contributed by atoms with Gasteiger partial charge in [-0.25, -0.2) is 0 Å². The Morgan fingerprint density at radius 2 is 1.82 bits per heavy atom. The molecular formula is C28H29N5O5. The van der Waals surface area contributed by atoms with Crippen molar-refractivity contribution in [3.63, 3.8) is 0 Å². The van der Waals surface area contributed by atoms with Crippen molar-refractivity contribution in [2.75, 3.05) is 40.0 Å². The van der Waals surface area contributed by atoms with Gasteiger partial charge in [0.15, 0.2) is 11.5 Å². The number of benzene rings is 2. The Morgan fingerprint density at radius 3 is 2.66 bits per heavy atom. The quantitative estimate of drug-likeness (QED) is 0.546. The number of hydrogen-bond donors (Lipinski definition) is 2. The first-order chi connectivity index (χ1) is 18.5. The summed E-state index contributed by atoms with van der Waals surface area (Å²) < 4.78 is 11.1. The van der Waals surface area contributed by atoms with Crippen molar-refractivity contribution in [2.45, 2.75) is 31.0 Å². The number of piperazine rings is 2. The highest BCUT2D eigenvalue weighted by Crippen LogP contribution is 2.44. The zero-order valence-corrected chi connectivity index (χ0v) is 21.1. The highest BCUT2D eigenvalue weighted by atomic mass is 16.7. The Bertz CT molecular complexity index is 1460. The van der Waals surface area contributed by atoms with Crippen LogP contribution in [-0.4, -0.2) is 89.5 Å². The van der Waals surface area contributed by atoms with Crippen molar-refractivity contribution in [1.82, 2.24) is 25.0 Å². The van der Waals surface area contributed by atoms with Crippen LogP contribution in [0.1, 0.15) is 29.3 Å². The molecule has 0 bridgehead atoms. The van der Waals surface area contributed by atoms with Crippen molar-refractivity contribution in [1.29, 1.82) is 0 Å². The molecule has 2 saturated heterocycles. The van der Waals surface area contributed by atoms with Crippen LogP contribution in [0.2, 0.25) is 0 Å². The highest BCUT2D eigenvalue weighted by Gasteiger charge is 2.49. The number of aromatic amines is 1. The molecule has 196 valence electrons. The number of carbonyl (C=O) groups is 3. The number of nitrogens with one attached hydrogen (secondary N) is 2. The van der Waals surface area contributed by atoms with E-state index in [0.29, 0.717) is 31.0 Å². The van der Waals surface area contributed by atoms with Gasteiger partial charge in [0.25, 0.3) is 0 Å². The molecular weight excluding hydrogens is 486 g/mol. The van der Waals surface area contributed by atoms with Gasteiger partial charge in [0.05, 0.1) is 12.5 Å². The van der Waals surface area contributed by atoms with Crippen LogP contribution in [0.4, 0.5) is 0 Å². The molecule has 0 aliphatic carbocycles. The maximum absolute atomic E-state index is 14.1. The van der Waals surface area contributed by atoms with Gasteiger partial charge in [-0.15, -0.1) is 0 Å². The third-order valence-electron chi connectivity index (χ3n) is 8.25. The molecule has 38 heavy (non-hydrogen) atoms. The fourth-order valence-corrected chi connectivity index (χ4v) is 6.20. The number of aromatic nitrogens is 1. The molecule has 3 aromatic rings. The smallest absolute Gasteiger partial charge is 0.247 e. The number of para-hydroxylation sites is 1. The van der Waals surface area contributed by atoms with Gasteiger partial charge in [-0.3, -0.25) is 14.4 Å². The lowest BCUT2D eigenvalue weighted by Crippen LogP contribution is -2.66. The SMILES string of the molecule is CN1CCN(C(=O)C[C@@H]2NC(=O)[C@H]3Cc4c([nH]c5ccccc45)[C@@H](c4ccc5c(c4)OCO5)N3C2=O)CC1. The fourth-order valence-electron chi connectivity index (χ4n) is 6.20. The first-order valence-electron chi connectivity index (χ1n) is 13.1. The number of carbonyl (C=O) groups excluding carboxylic acids is 3. The van der Waals surface area contributed by atoms with Gasteiger partial charge in [-0.05, 0) is 36.4 Å². The van der Waals surface area contributed by atoms with E-state index in [1.54, 1.807) is 9.80 Å². The zero-order chi connectivity index (χ0) is 26.0. The lowest BCUT2D eigenvalue weighted by atomic mass is 9.85. The Kier molecular flexibility index (Phi) is 5.33. The van der Waals surface area contributed by atoms with Gasteiger partial charge >= 0.3 is 0 Å². The van der Waals surface area contributed by atoms with E-state index in [9.17, 15) is 14.4 Å². The molecule has 2 fully saturated rings. The fraction of sp³-hybridized carbons (Fsp3) is 0.393. The Morgan fingerprint density at radius 1 is 1.03 bits per heavy atom. The van der Waals surface area contributed by atoms with Gasteiger partial charge in [-0.1, -0.05) is 24.3 Å². The summed E-state index contributed by atoms with van der Waals surface area (Å²) in [7, 11) is 2.03. The lowest BCUT2D eigenvalue weighted by Gasteiger charge is -2.46. The van der Waals surface area contributed by atoms with Crippen LogP contribution in [0.5, 0.6) is 11.5 Å². The summed E-state index contributed by atoms with van der Waals surface area (Å²) >= 11 is 0. The number of likely N-dealkylation sites (N-methyl/N-ethyl adjacent to an activating group) is 1. The third-order valence-corrected chi connectivity index (χ3v) is 8.25. The maximum atomic E-state index is 14.1. The summed E-state index contributed by atoms with van der Waals surface area (Å²) in [5.74, 6) is 0.666. The zero-order valence-electron chi connectivity index (χ0n) is 21.1. The molecule has 0 saturated carbocycles. The summed E-state index contributed by atoms with van der Waals surface area (Å²) in [6.07, 6.45) is 0.349. The first kappa shape index (κ1) is 23.1. The summed E-state index contributed by atoms with van der Waals surface area (Å²) in [6, 6.07) is 11.5. The molecule has 3 amide bonds. The molecule has 3 atom stereocenters. The van der Waals surface area contributed by atoms with E-state index in [1.165, 1.54) is 0 Å². The van der Waals surface area contributed by atoms with Crippen LogP contribution < -0.4 is 14.8 Å². The molecule has 2 N–H and O–H groups in total. The molecule has 1 aromatic heterocycles. The average Bonchev–Trinajstić information content (AvgIpc) is 3.55. The molecule has 4 aliphatic heterocycles. The average molecular weight is 516 g/mol. The summed E-state index contributed by atoms with van der Waals surface area (Å²) in [6.45, 7) is 2.97. The Labute approximate surface area is 219 Å². The normalized spacial score (nSPS) is 24.8. The summed E-state index contributed by atoms with van der Waals surface area (Å²) in [4.78, 5) is 49.9. The van der Waals surface area contributed by atoms with Crippen molar-refractivity contribution >= 4 is 28.6 Å². The number of ether oxygens (including phenoxy) is 2. The standard InChI is InChI=1S/C28H29N5O5/c1-31-8-10-32(11-9-31)24(34)14-20-28(36)33-21(27(35)30-20)13-18-17-4-2-3-5-19(17)29-25(18)26(33)16-6-7-22-23(12-16)38-15-37-22/h2-7,12,20-21,26,29H,8-11,13-15H2,1H3,(H,30,35)/t20-,21+,26+/m0/s1. The van der Waals surface area contributed by atoms with E-state index in [1.807, 2.05) is 49.5 Å². The monoisotopic (exact) mass is 515 g/mol. The van der Waals surface area contributed by atoms with Gasteiger partial charge < -0.3 is 34.5 Å². The van der Waals surface area contributed by atoms with Crippen molar-refractivity contribution in [3.05, 3.63) is 59.3 Å². The number of amides is 3. The van der Waals surface area contributed by atoms with E-state index in [4.69, 9.17) is 9.47 Å². The number of rotatable bonds is 3. The molecule has 0 spiro atoms. The highest BCUT2D eigenvalue weighted by molar-refractivity contribution is 6.01. The Hall–Kier alpha value is -4.05.